The van der Waals surface area contributed by atoms with Crippen molar-refractivity contribution in [3.63, 3.8) is 0 Å². The van der Waals surface area contributed by atoms with Crippen LogP contribution in [0.3, 0.4) is 0 Å². The number of carbonyl (C=O) groups excluding carboxylic acids is 2. The van der Waals surface area contributed by atoms with Crippen LogP contribution in [0.15, 0.2) is 30.5 Å². The van der Waals surface area contributed by atoms with Crippen molar-refractivity contribution in [2.75, 3.05) is 26.0 Å². The summed E-state index contributed by atoms with van der Waals surface area (Å²) in [6.07, 6.45) is -3.55. The van der Waals surface area contributed by atoms with Gasteiger partial charge in [0.2, 0.25) is 5.69 Å². The number of fused-ring (bicyclic) bond motifs is 1. The van der Waals surface area contributed by atoms with Gasteiger partial charge in [-0.05, 0) is 31.5 Å². The minimum atomic E-state index is -4.66. The molecule has 0 spiro atoms. The molecule has 1 aromatic carbocycles. The van der Waals surface area contributed by atoms with E-state index in [-0.39, 0.29) is 35.7 Å². The van der Waals surface area contributed by atoms with Gasteiger partial charge in [0.1, 0.15) is 12.4 Å². The lowest BCUT2D eigenvalue weighted by molar-refractivity contribution is -0.733. The molecule has 0 bridgehead atoms. The van der Waals surface area contributed by atoms with Crippen molar-refractivity contribution in [1.82, 2.24) is 9.88 Å². The predicted molar refractivity (Wildman–Crippen MR) is 135 cm³/mol. The Hall–Kier alpha value is -3.45. The molecule has 0 saturated heterocycles. The van der Waals surface area contributed by atoms with Crippen molar-refractivity contribution < 1.29 is 41.9 Å². The largest absolute Gasteiger partial charge is 0.490 e. The first-order chi connectivity index (χ1) is 17.8. The third-order valence-electron chi connectivity index (χ3n) is 5.63. The van der Waals surface area contributed by atoms with E-state index in [1.54, 1.807) is 30.9 Å². The number of halogens is 3. The second-order valence-corrected chi connectivity index (χ2v) is 10.00. The Labute approximate surface area is 221 Å². The van der Waals surface area contributed by atoms with E-state index in [2.05, 4.69) is 10.3 Å². The molecule has 13 heteroatoms. The van der Waals surface area contributed by atoms with Gasteiger partial charge >= 0.3 is 12.3 Å². The molecule has 1 unspecified atom stereocenters. The Bertz CT molecular complexity index is 1310. The van der Waals surface area contributed by atoms with E-state index in [9.17, 15) is 27.9 Å². The highest BCUT2D eigenvalue weighted by atomic mass is 32.1. The summed E-state index contributed by atoms with van der Waals surface area (Å²) in [5, 5.41) is 12.3. The molecule has 206 valence electrons. The summed E-state index contributed by atoms with van der Waals surface area (Å²) in [7, 11) is 3.15. The van der Waals surface area contributed by atoms with E-state index >= 15 is 0 Å². The highest BCUT2D eigenvalue weighted by Gasteiger charge is 2.32. The first-order valence-electron chi connectivity index (χ1n) is 11.8. The van der Waals surface area contributed by atoms with Gasteiger partial charge in [-0.3, -0.25) is 10.1 Å². The number of pyridine rings is 1. The summed E-state index contributed by atoms with van der Waals surface area (Å²) in [6.45, 7) is 5.19. The van der Waals surface area contributed by atoms with Crippen LogP contribution in [0.1, 0.15) is 54.7 Å². The smallest absolute Gasteiger partial charge is 0.416 e. The zero-order valence-electron chi connectivity index (χ0n) is 21.6. The molecule has 3 aromatic rings. The lowest BCUT2D eigenvalue weighted by Crippen LogP contribution is -2.42. The fourth-order valence-electron chi connectivity index (χ4n) is 3.52. The van der Waals surface area contributed by atoms with Crippen molar-refractivity contribution >= 4 is 38.7 Å². The molecule has 9 nitrogen and oxygen atoms in total. The fourth-order valence-corrected chi connectivity index (χ4v) is 4.38. The number of ether oxygens (including phenoxy) is 2. The Balaban J connectivity index is 1.97. The number of amides is 2. The van der Waals surface area contributed by atoms with Gasteiger partial charge in [-0.25, -0.2) is 9.78 Å². The van der Waals surface area contributed by atoms with Crippen LogP contribution in [0.5, 0.6) is 5.75 Å². The van der Waals surface area contributed by atoms with Crippen molar-refractivity contribution in [3.05, 3.63) is 47.3 Å². The topological polar surface area (TPSA) is 105 Å². The molecular formula is C25H30F3N4O5S+. The van der Waals surface area contributed by atoms with Crippen LogP contribution in [0, 0.1) is 0 Å². The predicted octanol–water partition coefficient (Wildman–Crippen LogP) is 4.78. The molecular weight excluding hydrogens is 525 g/mol. The van der Waals surface area contributed by atoms with Gasteiger partial charge in [-0.15, -0.1) is 0 Å². The minimum Gasteiger partial charge on any atom is -0.490 e. The van der Waals surface area contributed by atoms with Gasteiger partial charge < -0.3 is 19.5 Å². The number of hydrogen-bond donors (Lipinski definition) is 2. The number of benzene rings is 1. The molecule has 0 aliphatic carbocycles. The number of thiazole rings is 1. The van der Waals surface area contributed by atoms with Gasteiger partial charge in [-0.1, -0.05) is 25.2 Å². The molecule has 2 amide bonds. The van der Waals surface area contributed by atoms with Crippen molar-refractivity contribution in [1.29, 1.82) is 0 Å². The number of anilines is 1. The summed E-state index contributed by atoms with van der Waals surface area (Å²) in [5.74, 6) is -0.918. The lowest BCUT2D eigenvalue weighted by Gasteiger charge is -2.15. The average Bonchev–Trinajstić information content (AvgIpc) is 3.26. The number of carbonyl (C=O) groups is 2. The lowest BCUT2D eigenvalue weighted by atomic mass is 10.0. The molecule has 38 heavy (non-hydrogen) atoms. The standard InChI is InChI=1S/C25H29F3N4O5S/c1-6-14(2)21-20-19(9-10-32(21)13-37-24(35)31(4)5)38-23(29-20)30-22(34)17-11-16(25(26,27)28)7-8-18(17)36-12-15(3)33/h7-11,14-15,33H,6,12-13H2,1-5H3/p+1/t14?,15-/m0/s1. The van der Waals surface area contributed by atoms with Gasteiger partial charge in [0.15, 0.2) is 16.8 Å². The van der Waals surface area contributed by atoms with Crippen LogP contribution in [0.2, 0.25) is 0 Å². The summed E-state index contributed by atoms with van der Waals surface area (Å²) in [4.78, 5) is 30.9. The number of aliphatic hydroxyl groups is 1. The zero-order valence-corrected chi connectivity index (χ0v) is 22.4. The molecule has 2 N–H and O–H groups in total. The maximum Gasteiger partial charge on any atom is 0.416 e. The summed E-state index contributed by atoms with van der Waals surface area (Å²) < 4.78 is 53.2. The number of alkyl halides is 3. The highest BCUT2D eigenvalue weighted by molar-refractivity contribution is 7.22. The molecule has 0 saturated carbocycles. The third kappa shape index (κ3) is 6.90. The summed E-state index contributed by atoms with van der Waals surface area (Å²) in [6, 6.07) is 4.33. The second-order valence-electron chi connectivity index (χ2n) is 8.97. The van der Waals surface area contributed by atoms with Crippen LogP contribution in [0.4, 0.5) is 23.1 Å². The van der Waals surface area contributed by atoms with Crippen molar-refractivity contribution in [2.24, 2.45) is 0 Å². The highest BCUT2D eigenvalue weighted by Crippen LogP contribution is 2.34. The molecule has 3 rings (SSSR count). The Kier molecular flexibility index (Phi) is 9.15. The molecule has 0 radical (unpaired) electrons. The summed E-state index contributed by atoms with van der Waals surface area (Å²) >= 11 is 1.16. The minimum absolute atomic E-state index is 0.0198. The number of aromatic nitrogens is 2. The third-order valence-corrected chi connectivity index (χ3v) is 6.57. The SMILES string of the molecule is CCC(C)c1c2nc(NC(=O)c3cc(C(F)(F)F)ccc3OC[C@H](C)O)sc2cc[n+]1COC(=O)N(C)C. The molecule has 2 heterocycles. The van der Waals surface area contributed by atoms with Crippen LogP contribution >= 0.6 is 11.3 Å². The van der Waals surface area contributed by atoms with Crippen LogP contribution < -0.4 is 14.6 Å². The maximum atomic E-state index is 13.3. The molecule has 2 atom stereocenters. The number of hydrogen-bond acceptors (Lipinski definition) is 7. The maximum absolute atomic E-state index is 13.3. The van der Waals surface area contributed by atoms with E-state index in [0.29, 0.717) is 11.6 Å². The van der Waals surface area contributed by atoms with Crippen LogP contribution in [0.25, 0.3) is 10.2 Å². The van der Waals surface area contributed by atoms with E-state index in [1.165, 1.54) is 11.8 Å². The van der Waals surface area contributed by atoms with E-state index < -0.39 is 29.8 Å². The molecule has 0 fully saturated rings. The number of aliphatic hydroxyl groups excluding tert-OH is 1. The molecule has 0 aliphatic rings. The Morgan fingerprint density at radius 1 is 1.24 bits per heavy atom. The number of nitrogens with one attached hydrogen (secondary N) is 1. The van der Waals surface area contributed by atoms with E-state index in [1.807, 2.05) is 13.8 Å². The Morgan fingerprint density at radius 3 is 2.55 bits per heavy atom. The number of rotatable bonds is 9. The summed E-state index contributed by atoms with van der Waals surface area (Å²) in [5.41, 5.74) is 0.0160. The van der Waals surface area contributed by atoms with E-state index in [4.69, 9.17) is 9.47 Å². The second kappa shape index (κ2) is 11.9. The average molecular weight is 556 g/mol. The zero-order chi connectivity index (χ0) is 28.2. The van der Waals surface area contributed by atoms with Crippen molar-refractivity contribution in [3.8, 4) is 5.75 Å². The van der Waals surface area contributed by atoms with Gasteiger partial charge in [0, 0.05) is 26.1 Å². The number of nitrogens with zero attached hydrogens (tertiary/aromatic N) is 3. The van der Waals surface area contributed by atoms with Crippen molar-refractivity contribution in [2.45, 2.75) is 52.1 Å². The fraction of sp³-hybridized carbons (Fsp3) is 0.440. The Morgan fingerprint density at radius 2 is 1.95 bits per heavy atom. The first-order valence-corrected chi connectivity index (χ1v) is 12.6. The van der Waals surface area contributed by atoms with Gasteiger partial charge in [0.25, 0.3) is 12.6 Å². The monoisotopic (exact) mass is 555 g/mol. The first kappa shape index (κ1) is 29.1. The molecule has 2 aromatic heterocycles. The van der Waals surface area contributed by atoms with Crippen LogP contribution in [-0.2, 0) is 17.6 Å². The van der Waals surface area contributed by atoms with E-state index in [0.717, 1.165) is 40.3 Å². The normalized spacial score (nSPS) is 13.2. The quantitative estimate of drug-likeness (QED) is 0.368. The molecule has 0 aliphatic heterocycles. The van der Waals surface area contributed by atoms with Gasteiger partial charge in [-0.2, -0.15) is 17.7 Å². The van der Waals surface area contributed by atoms with Crippen LogP contribution in [-0.4, -0.2) is 53.8 Å². The van der Waals surface area contributed by atoms with Gasteiger partial charge in [0.05, 0.1) is 21.9 Å².